The maximum absolute atomic E-state index is 5.51. The Balaban J connectivity index is 1.74. The Labute approximate surface area is 157 Å². The van der Waals surface area contributed by atoms with Crippen molar-refractivity contribution in [2.75, 3.05) is 37.7 Å². The topological polar surface area (TPSA) is 68.4 Å². The molecule has 2 aliphatic rings. The molecule has 0 radical (unpaired) electrons. The van der Waals surface area contributed by atoms with Crippen LogP contribution >= 0.6 is 0 Å². The van der Waals surface area contributed by atoms with E-state index in [4.69, 9.17) is 9.72 Å². The summed E-state index contributed by atoms with van der Waals surface area (Å²) in [5.41, 5.74) is 5.12. The zero-order valence-corrected chi connectivity index (χ0v) is 15.2. The molecular weight excluding hydrogens is 340 g/mol. The van der Waals surface area contributed by atoms with Gasteiger partial charge < -0.3 is 9.64 Å². The second-order valence-electron chi connectivity index (χ2n) is 6.77. The van der Waals surface area contributed by atoms with Gasteiger partial charge in [0.25, 0.3) is 0 Å². The van der Waals surface area contributed by atoms with E-state index in [1.165, 1.54) is 0 Å². The SMILES string of the molecule is Cn1cc(-c2cc(N3CCOCC3)nc3c(C4=CC=NC4)nccc23)cn1. The number of aryl methyl sites for hydroxylation is 1. The number of hydrogen-bond acceptors (Lipinski definition) is 6. The van der Waals surface area contributed by atoms with Crippen molar-refractivity contribution < 1.29 is 4.74 Å². The maximum Gasteiger partial charge on any atom is 0.130 e. The first kappa shape index (κ1) is 16.1. The van der Waals surface area contributed by atoms with E-state index in [0.717, 1.165) is 65.4 Å². The number of allylic oxidation sites excluding steroid dienone is 1. The Morgan fingerprint density at radius 1 is 1.19 bits per heavy atom. The molecule has 7 nitrogen and oxygen atoms in total. The molecule has 0 bridgehead atoms. The van der Waals surface area contributed by atoms with Crippen LogP contribution in [0.2, 0.25) is 0 Å². The van der Waals surface area contributed by atoms with Crippen LogP contribution in [0.25, 0.3) is 27.6 Å². The Kier molecular flexibility index (Phi) is 3.94. The van der Waals surface area contributed by atoms with Gasteiger partial charge in [0, 0.05) is 55.3 Å². The van der Waals surface area contributed by atoms with Gasteiger partial charge in [-0.05, 0) is 23.8 Å². The first-order valence-corrected chi connectivity index (χ1v) is 9.10. The van der Waals surface area contributed by atoms with E-state index in [-0.39, 0.29) is 0 Å². The van der Waals surface area contributed by atoms with Gasteiger partial charge in [-0.3, -0.25) is 14.7 Å². The fraction of sp³-hybridized carbons (Fsp3) is 0.300. The molecule has 0 saturated carbocycles. The van der Waals surface area contributed by atoms with Crippen molar-refractivity contribution in [3.05, 3.63) is 42.5 Å². The highest BCUT2D eigenvalue weighted by Gasteiger charge is 2.19. The second-order valence-corrected chi connectivity index (χ2v) is 6.77. The summed E-state index contributed by atoms with van der Waals surface area (Å²) >= 11 is 0. The van der Waals surface area contributed by atoms with Gasteiger partial charge in [0.1, 0.15) is 5.82 Å². The molecule has 0 atom stereocenters. The largest absolute Gasteiger partial charge is 0.378 e. The quantitative estimate of drug-likeness (QED) is 0.717. The van der Waals surface area contributed by atoms with Crippen molar-refractivity contribution in [1.29, 1.82) is 0 Å². The molecule has 3 aromatic heterocycles. The lowest BCUT2D eigenvalue weighted by Crippen LogP contribution is -2.36. The van der Waals surface area contributed by atoms with E-state index in [1.807, 2.05) is 48.7 Å². The minimum atomic E-state index is 0.651. The zero-order chi connectivity index (χ0) is 18.2. The molecule has 0 N–H and O–H groups in total. The molecule has 0 spiro atoms. The molecule has 1 saturated heterocycles. The standard InChI is InChI=1S/C20H20N6O/c1-25-13-15(12-23-25)17-10-18(26-6-8-27-9-7-26)24-20-16(17)3-5-22-19(20)14-2-4-21-11-14/h2-5,10,12-13H,6-9,11H2,1H3. The van der Waals surface area contributed by atoms with Gasteiger partial charge in [-0.15, -0.1) is 0 Å². The van der Waals surface area contributed by atoms with Crippen LogP contribution in [0.15, 0.2) is 41.8 Å². The third-order valence-electron chi connectivity index (χ3n) is 5.01. The van der Waals surface area contributed by atoms with Gasteiger partial charge >= 0.3 is 0 Å². The summed E-state index contributed by atoms with van der Waals surface area (Å²) < 4.78 is 7.34. The van der Waals surface area contributed by atoms with Gasteiger partial charge in [0.2, 0.25) is 0 Å². The van der Waals surface area contributed by atoms with Crippen molar-refractivity contribution in [3.8, 4) is 11.1 Å². The summed E-state index contributed by atoms with van der Waals surface area (Å²) in [6.45, 7) is 3.78. The molecule has 3 aromatic rings. The Hall–Kier alpha value is -3.06. The van der Waals surface area contributed by atoms with Crippen molar-refractivity contribution in [1.82, 2.24) is 19.7 Å². The number of anilines is 1. The number of morpholine rings is 1. The van der Waals surface area contributed by atoms with Crippen LogP contribution in [0.3, 0.4) is 0 Å². The predicted octanol–water partition coefficient (Wildman–Crippen LogP) is 2.33. The highest BCUT2D eigenvalue weighted by atomic mass is 16.5. The molecule has 5 rings (SSSR count). The number of pyridine rings is 2. The zero-order valence-electron chi connectivity index (χ0n) is 15.2. The lowest BCUT2D eigenvalue weighted by atomic mass is 10.0. The summed E-state index contributed by atoms with van der Waals surface area (Å²) in [6, 6.07) is 4.20. The lowest BCUT2D eigenvalue weighted by Gasteiger charge is -2.28. The van der Waals surface area contributed by atoms with Gasteiger partial charge in [-0.25, -0.2) is 4.98 Å². The summed E-state index contributed by atoms with van der Waals surface area (Å²) in [5.74, 6) is 0.957. The number of fused-ring (bicyclic) bond motifs is 1. The maximum atomic E-state index is 5.51. The van der Waals surface area contributed by atoms with Crippen LogP contribution in [0.4, 0.5) is 5.82 Å². The summed E-state index contributed by atoms with van der Waals surface area (Å²) in [4.78, 5) is 16.3. The van der Waals surface area contributed by atoms with Crippen molar-refractivity contribution in [2.45, 2.75) is 0 Å². The molecule has 0 aliphatic carbocycles. The van der Waals surface area contributed by atoms with Crippen LogP contribution in [0, 0.1) is 0 Å². The Morgan fingerprint density at radius 3 is 2.81 bits per heavy atom. The van der Waals surface area contributed by atoms with Crippen molar-refractivity contribution in [3.63, 3.8) is 0 Å². The molecule has 7 heteroatoms. The first-order chi connectivity index (χ1) is 13.3. The highest BCUT2D eigenvalue weighted by molar-refractivity contribution is 6.02. The minimum absolute atomic E-state index is 0.651. The molecule has 2 aliphatic heterocycles. The number of nitrogens with zero attached hydrogens (tertiary/aromatic N) is 6. The number of aromatic nitrogens is 4. The van der Waals surface area contributed by atoms with E-state index in [2.05, 4.69) is 26.0 Å². The molecule has 136 valence electrons. The normalized spacial score (nSPS) is 16.9. The number of rotatable bonds is 3. The monoisotopic (exact) mass is 360 g/mol. The van der Waals surface area contributed by atoms with Crippen LogP contribution < -0.4 is 4.90 Å². The Bertz CT molecular complexity index is 1060. The summed E-state index contributed by atoms with van der Waals surface area (Å²) in [5, 5.41) is 5.44. The average Bonchev–Trinajstić information content (AvgIpc) is 3.39. The highest BCUT2D eigenvalue weighted by Crippen LogP contribution is 2.34. The van der Waals surface area contributed by atoms with Gasteiger partial charge in [-0.2, -0.15) is 5.10 Å². The number of hydrogen-bond donors (Lipinski definition) is 0. The van der Waals surface area contributed by atoms with E-state index >= 15 is 0 Å². The van der Waals surface area contributed by atoms with Gasteiger partial charge in [0.05, 0.1) is 37.2 Å². The molecule has 1 fully saturated rings. The molecule has 0 amide bonds. The first-order valence-electron chi connectivity index (χ1n) is 9.10. The van der Waals surface area contributed by atoms with E-state index in [9.17, 15) is 0 Å². The van der Waals surface area contributed by atoms with Gasteiger partial charge in [-0.1, -0.05) is 0 Å². The molecule has 0 aromatic carbocycles. The third-order valence-corrected chi connectivity index (χ3v) is 5.01. The fourth-order valence-corrected chi connectivity index (χ4v) is 3.63. The second kappa shape index (κ2) is 6.59. The van der Waals surface area contributed by atoms with Crippen LogP contribution in [0.5, 0.6) is 0 Å². The predicted molar refractivity (Wildman–Crippen MR) is 106 cm³/mol. The summed E-state index contributed by atoms with van der Waals surface area (Å²) in [7, 11) is 1.93. The summed E-state index contributed by atoms with van der Waals surface area (Å²) in [6.07, 6.45) is 9.65. The fourth-order valence-electron chi connectivity index (χ4n) is 3.63. The molecule has 0 unspecified atom stereocenters. The molecule has 5 heterocycles. The molecule has 27 heavy (non-hydrogen) atoms. The number of ether oxygens (including phenoxy) is 1. The van der Waals surface area contributed by atoms with Gasteiger partial charge in [0.15, 0.2) is 0 Å². The number of aliphatic imine (C=N–C) groups is 1. The van der Waals surface area contributed by atoms with E-state index in [0.29, 0.717) is 6.54 Å². The average molecular weight is 360 g/mol. The third kappa shape index (κ3) is 2.90. The van der Waals surface area contributed by atoms with Crippen LogP contribution in [0.1, 0.15) is 5.69 Å². The minimum Gasteiger partial charge on any atom is -0.378 e. The lowest BCUT2D eigenvalue weighted by molar-refractivity contribution is 0.122. The van der Waals surface area contributed by atoms with Crippen molar-refractivity contribution >= 4 is 28.5 Å². The van der Waals surface area contributed by atoms with Crippen molar-refractivity contribution in [2.24, 2.45) is 12.0 Å². The van der Waals surface area contributed by atoms with Crippen LogP contribution in [-0.4, -0.2) is 58.8 Å². The van der Waals surface area contributed by atoms with E-state index < -0.39 is 0 Å². The molecular formula is C20H20N6O. The smallest absolute Gasteiger partial charge is 0.130 e. The van der Waals surface area contributed by atoms with Crippen LogP contribution in [-0.2, 0) is 11.8 Å². The Morgan fingerprint density at radius 2 is 2.07 bits per heavy atom. The van der Waals surface area contributed by atoms with E-state index in [1.54, 1.807) is 0 Å².